The Hall–Kier alpha value is -0.960. The lowest BCUT2D eigenvalue weighted by atomic mass is 9.81. The molecule has 1 atom stereocenters. The molecular weight excluding hydrogens is 292 g/mol. The molecular formula is C15H19BrO2. The molecule has 3 heteroatoms. The predicted octanol–water partition coefficient (Wildman–Crippen LogP) is 4.45. The zero-order valence-electron chi connectivity index (χ0n) is 10.7. The van der Waals surface area contributed by atoms with Gasteiger partial charge in [0.15, 0.2) is 0 Å². The summed E-state index contributed by atoms with van der Waals surface area (Å²) in [7, 11) is 1.64. The van der Waals surface area contributed by atoms with Crippen molar-refractivity contribution in [3.63, 3.8) is 0 Å². The number of methoxy groups -OCH3 is 1. The third-order valence-corrected chi connectivity index (χ3v) is 4.32. The maximum Gasteiger partial charge on any atom is 0.133 e. The summed E-state index contributed by atoms with van der Waals surface area (Å²) < 4.78 is 6.06. The van der Waals surface area contributed by atoms with Crippen molar-refractivity contribution in [2.24, 2.45) is 5.92 Å². The van der Waals surface area contributed by atoms with Crippen LogP contribution in [0.15, 0.2) is 28.8 Å². The number of allylic oxidation sites excluding steroid dienone is 1. The fourth-order valence-corrected chi connectivity index (χ4v) is 3.06. The molecule has 0 amide bonds. The molecule has 0 radical (unpaired) electrons. The van der Waals surface area contributed by atoms with Crippen LogP contribution in [-0.2, 0) is 6.42 Å². The van der Waals surface area contributed by atoms with Crippen LogP contribution >= 0.6 is 15.9 Å². The maximum absolute atomic E-state index is 10.0. The number of phenols is 1. The topological polar surface area (TPSA) is 29.5 Å². The van der Waals surface area contributed by atoms with Crippen LogP contribution in [0, 0.1) is 5.92 Å². The van der Waals surface area contributed by atoms with Crippen molar-refractivity contribution >= 4 is 15.9 Å². The minimum atomic E-state index is 0.334. The standard InChI is InChI=1S/C15H19BrO2/c1-10-5-3-4-6-11(10)7-12-8-15(18-2)13(16)9-14(12)17/h8-9,11,17H,1,3-7H2,2H3. The Bertz CT molecular complexity index is 454. The predicted molar refractivity (Wildman–Crippen MR) is 77.2 cm³/mol. The summed E-state index contributed by atoms with van der Waals surface area (Å²) in [6, 6.07) is 3.63. The molecule has 1 N–H and O–H groups in total. The molecule has 18 heavy (non-hydrogen) atoms. The molecule has 1 aliphatic carbocycles. The normalized spacial score (nSPS) is 19.9. The van der Waals surface area contributed by atoms with Crippen LogP contribution in [0.2, 0.25) is 0 Å². The van der Waals surface area contributed by atoms with Gasteiger partial charge in [-0.1, -0.05) is 18.6 Å². The molecule has 1 saturated carbocycles. The molecule has 1 unspecified atom stereocenters. The van der Waals surface area contributed by atoms with Crippen LogP contribution in [0.1, 0.15) is 31.2 Å². The summed E-state index contributed by atoms with van der Waals surface area (Å²) >= 11 is 3.38. The Morgan fingerprint density at radius 2 is 2.22 bits per heavy atom. The molecule has 1 fully saturated rings. The number of hydrogen-bond acceptors (Lipinski definition) is 2. The monoisotopic (exact) mass is 310 g/mol. The van der Waals surface area contributed by atoms with E-state index in [-0.39, 0.29) is 0 Å². The van der Waals surface area contributed by atoms with Gasteiger partial charge in [0.1, 0.15) is 11.5 Å². The van der Waals surface area contributed by atoms with Gasteiger partial charge in [0.05, 0.1) is 11.6 Å². The molecule has 1 aromatic rings. The Labute approximate surface area is 117 Å². The Kier molecular flexibility index (Phi) is 4.33. The van der Waals surface area contributed by atoms with Gasteiger partial charge >= 0.3 is 0 Å². The van der Waals surface area contributed by atoms with Gasteiger partial charge in [0.25, 0.3) is 0 Å². The lowest BCUT2D eigenvalue weighted by Gasteiger charge is -2.25. The Morgan fingerprint density at radius 1 is 1.44 bits per heavy atom. The highest BCUT2D eigenvalue weighted by Gasteiger charge is 2.19. The highest BCUT2D eigenvalue weighted by Crippen LogP contribution is 2.37. The van der Waals surface area contributed by atoms with Crippen LogP contribution in [0.5, 0.6) is 11.5 Å². The highest BCUT2D eigenvalue weighted by molar-refractivity contribution is 9.10. The van der Waals surface area contributed by atoms with Gasteiger partial charge in [-0.2, -0.15) is 0 Å². The average Bonchev–Trinajstić information content (AvgIpc) is 2.35. The van der Waals surface area contributed by atoms with E-state index in [1.807, 2.05) is 6.07 Å². The minimum Gasteiger partial charge on any atom is -0.508 e. The van der Waals surface area contributed by atoms with E-state index >= 15 is 0 Å². The first kappa shape index (κ1) is 13.5. The van der Waals surface area contributed by atoms with Gasteiger partial charge < -0.3 is 9.84 Å². The van der Waals surface area contributed by atoms with Gasteiger partial charge in [-0.3, -0.25) is 0 Å². The number of benzene rings is 1. The third-order valence-electron chi connectivity index (χ3n) is 3.70. The van der Waals surface area contributed by atoms with Crippen LogP contribution in [0.3, 0.4) is 0 Å². The van der Waals surface area contributed by atoms with E-state index in [4.69, 9.17) is 4.74 Å². The van der Waals surface area contributed by atoms with Crippen molar-refractivity contribution in [2.45, 2.75) is 32.1 Å². The van der Waals surface area contributed by atoms with Crippen molar-refractivity contribution in [1.29, 1.82) is 0 Å². The van der Waals surface area contributed by atoms with Crippen molar-refractivity contribution in [1.82, 2.24) is 0 Å². The summed E-state index contributed by atoms with van der Waals surface area (Å²) in [5.74, 6) is 1.60. The largest absolute Gasteiger partial charge is 0.508 e. The number of phenolic OH excluding ortho intramolecular Hbond substituents is 1. The second-order valence-corrected chi connectivity index (χ2v) is 5.77. The third kappa shape index (κ3) is 2.89. The van der Waals surface area contributed by atoms with E-state index in [1.165, 1.54) is 24.8 Å². The fraction of sp³-hybridized carbons (Fsp3) is 0.467. The van der Waals surface area contributed by atoms with E-state index in [0.717, 1.165) is 28.6 Å². The van der Waals surface area contributed by atoms with E-state index < -0.39 is 0 Å². The summed E-state index contributed by atoms with van der Waals surface area (Å²) in [5.41, 5.74) is 2.27. The van der Waals surface area contributed by atoms with Gasteiger partial charge in [-0.25, -0.2) is 0 Å². The zero-order valence-corrected chi connectivity index (χ0v) is 12.3. The molecule has 0 saturated heterocycles. The number of rotatable bonds is 3. The van der Waals surface area contributed by atoms with E-state index in [2.05, 4.69) is 22.5 Å². The molecule has 0 spiro atoms. The summed E-state index contributed by atoms with van der Waals surface area (Å²) in [5, 5.41) is 10.0. The van der Waals surface area contributed by atoms with Crippen LogP contribution in [0.4, 0.5) is 0 Å². The lowest BCUT2D eigenvalue weighted by Crippen LogP contribution is -2.12. The van der Waals surface area contributed by atoms with Gasteiger partial charge in [0.2, 0.25) is 0 Å². The molecule has 0 aliphatic heterocycles. The van der Waals surface area contributed by atoms with Crippen LogP contribution in [-0.4, -0.2) is 12.2 Å². The molecule has 1 aliphatic rings. The summed E-state index contributed by atoms with van der Waals surface area (Å²) in [6.07, 6.45) is 5.67. The number of ether oxygens (including phenoxy) is 1. The molecule has 1 aromatic carbocycles. The second kappa shape index (κ2) is 5.79. The first-order chi connectivity index (χ1) is 8.61. The van der Waals surface area contributed by atoms with E-state index in [0.29, 0.717) is 11.7 Å². The number of halogens is 1. The van der Waals surface area contributed by atoms with Gasteiger partial charge in [-0.05, 0) is 65.2 Å². The zero-order chi connectivity index (χ0) is 13.1. The van der Waals surface area contributed by atoms with Crippen molar-refractivity contribution < 1.29 is 9.84 Å². The molecule has 0 heterocycles. The number of hydrogen-bond donors (Lipinski definition) is 1. The minimum absolute atomic E-state index is 0.334. The van der Waals surface area contributed by atoms with E-state index in [1.54, 1.807) is 13.2 Å². The van der Waals surface area contributed by atoms with Crippen LogP contribution in [0.25, 0.3) is 0 Å². The second-order valence-electron chi connectivity index (χ2n) is 4.92. The average molecular weight is 311 g/mol. The lowest BCUT2D eigenvalue weighted by molar-refractivity contribution is 0.403. The van der Waals surface area contributed by atoms with Gasteiger partial charge in [0, 0.05) is 0 Å². The Morgan fingerprint density at radius 3 is 2.89 bits per heavy atom. The smallest absolute Gasteiger partial charge is 0.133 e. The molecule has 0 aromatic heterocycles. The van der Waals surface area contributed by atoms with Crippen molar-refractivity contribution in [2.75, 3.05) is 7.11 Å². The van der Waals surface area contributed by atoms with Crippen molar-refractivity contribution in [3.05, 3.63) is 34.3 Å². The molecule has 2 nitrogen and oxygen atoms in total. The maximum atomic E-state index is 10.0. The molecule has 2 rings (SSSR count). The molecule has 98 valence electrons. The first-order valence-electron chi connectivity index (χ1n) is 6.35. The SMILES string of the molecule is C=C1CCCCC1Cc1cc(OC)c(Br)cc1O. The van der Waals surface area contributed by atoms with Gasteiger partial charge in [-0.15, -0.1) is 0 Å². The molecule has 0 bridgehead atoms. The highest BCUT2D eigenvalue weighted by atomic mass is 79.9. The first-order valence-corrected chi connectivity index (χ1v) is 7.14. The fourth-order valence-electron chi connectivity index (χ4n) is 2.57. The van der Waals surface area contributed by atoms with Crippen molar-refractivity contribution in [3.8, 4) is 11.5 Å². The van der Waals surface area contributed by atoms with Crippen LogP contribution < -0.4 is 4.74 Å². The van der Waals surface area contributed by atoms with E-state index in [9.17, 15) is 5.11 Å². The summed E-state index contributed by atoms with van der Waals surface area (Å²) in [4.78, 5) is 0. The summed E-state index contributed by atoms with van der Waals surface area (Å²) in [6.45, 7) is 4.16. The number of aromatic hydroxyl groups is 1. The Balaban J connectivity index is 2.20. The quantitative estimate of drug-likeness (QED) is 0.836.